The molecular weight excluding hydrogens is 358 g/mol. The van der Waals surface area contributed by atoms with E-state index < -0.39 is 41.2 Å². The standard InChI is InChI=1S/C18H22F2N4O3/c19-12-5-3-4-11(15(12)20)16(25)22-10-8-14-17(26)23-13(6-1-2-7-21)18(27)24(14)9-10/h3-5,10,13-14H,1-2,6-9,21H2,(H,22,25)(H,23,26)/t10-,13-,14-/m0/s1. The fraction of sp³-hybridized carbons (Fsp3) is 0.500. The van der Waals surface area contributed by atoms with Gasteiger partial charge >= 0.3 is 0 Å². The number of halogens is 2. The summed E-state index contributed by atoms with van der Waals surface area (Å²) in [4.78, 5) is 38.6. The summed E-state index contributed by atoms with van der Waals surface area (Å²) < 4.78 is 27.1. The van der Waals surface area contributed by atoms with Crippen molar-refractivity contribution in [2.24, 2.45) is 5.73 Å². The third-order valence-corrected chi connectivity index (χ3v) is 4.98. The number of hydrogen-bond donors (Lipinski definition) is 3. The first-order valence-electron chi connectivity index (χ1n) is 8.98. The van der Waals surface area contributed by atoms with Crippen LogP contribution < -0.4 is 16.4 Å². The van der Waals surface area contributed by atoms with Gasteiger partial charge in [-0.05, 0) is 44.4 Å². The largest absolute Gasteiger partial charge is 0.347 e. The third kappa shape index (κ3) is 3.92. The Hall–Kier alpha value is -2.55. The summed E-state index contributed by atoms with van der Waals surface area (Å²) in [5, 5.41) is 5.32. The van der Waals surface area contributed by atoms with Crippen LogP contribution >= 0.6 is 0 Å². The van der Waals surface area contributed by atoms with Crippen LogP contribution in [0.15, 0.2) is 18.2 Å². The first-order chi connectivity index (χ1) is 12.9. The SMILES string of the molecule is NCCCC[C@@H]1NC(=O)[C@@H]2C[C@H](NC(=O)c3cccc(F)c3F)CN2C1=O. The van der Waals surface area contributed by atoms with E-state index >= 15 is 0 Å². The highest BCUT2D eigenvalue weighted by Gasteiger charge is 2.46. The van der Waals surface area contributed by atoms with Crippen LogP contribution in [0.25, 0.3) is 0 Å². The molecule has 0 unspecified atom stereocenters. The molecule has 1 aromatic carbocycles. The number of nitrogens with one attached hydrogen (secondary N) is 2. The van der Waals surface area contributed by atoms with Gasteiger partial charge in [-0.15, -0.1) is 0 Å². The molecule has 2 aliphatic rings. The van der Waals surface area contributed by atoms with Crippen LogP contribution in [-0.2, 0) is 9.59 Å². The maximum Gasteiger partial charge on any atom is 0.254 e. The zero-order valence-corrected chi connectivity index (χ0v) is 14.7. The van der Waals surface area contributed by atoms with Gasteiger partial charge in [-0.3, -0.25) is 14.4 Å². The second kappa shape index (κ2) is 7.99. The smallest absolute Gasteiger partial charge is 0.254 e. The number of benzene rings is 1. The number of carbonyl (C=O) groups is 3. The quantitative estimate of drug-likeness (QED) is 0.617. The second-order valence-electron chi connectivity index (χ2n) is 6.86. The van der Waals surface area contributed by atoms with E-state index in [9.17, 15) is 23.2 Å². The maximum atomic E-state index is 13.8. The van der Waals surface area contributed by atoms with Crippen molar-refractivity contribution < 1.29 is 23.2 Å². The minimum atomic E-state index is -1.22. The summed E-state index contributed by atoms with van der Waals surface area (Å²) in [5.74, 6) is -3.56. The van der Waals surface area contributed by atoms with Crippen molar-refractivity contribution in [1.82, 2.24) is 15.5 Å². The number of nitrogens with zero attached hydrogens (tertiary/aromatic N) is 1. The van der Waals surface area contributed by atoms with Crippen LogP contribution in [0.5, 0.6) is 0 Å². The van der Waals surface area contributed by atoms with E-state index in [1.807, 2.05) is 0 Å². The van der Waals surface area contributed by atoms with Gasteiger partial charge in [0.1, 0.15) is 12.1 Å². The molecule has 0 spiro atoms. The molecule has 0 saturated carbocycles. The van der Waals surface area contributed by atoms with Gasteiger partial charge in [-0.1, -0.05) is 6.07 Å². The molecule has 9 heteroatoms. The molecule has 0 aromatic heterocycles. The minimum absolute atomic E-state index is 0.160. The maximum absolute atomic E-state index is 13.8. The normalized spacial score (nSPS) is 24.6. The molecule has 2 saturated heterocycles. The minimum Gasteiger partial charge on any atom is -0.347 e. The number of piperazine rings is 1. The van der Waals surface area contributed by atoms with Crippen LogP contribution in [0.1, 0.15) is 36.0 Å². The van der Waals surface area contributed by atoms with Crippen molar-refractivity contribution in [2.75, 3.05) is 13.1 Å². The van der Waals surface area contributed by atoms with E-state index in [1.54, 1.807) is 0 Å². The molecule has 7 nitrogen and oxygen atoms in total. The lowest BCUT2D eigenvalue weighted by Crippen LogP contribution is -2.61. The number of unbranched alkanes of at least 4 members (excludes halogenated alkanes) is 1. The molecule has 3 rings (SSSR count). The lowest BCUT2D eigenvalue weighted by molar-refractivity contribution is -0.147. The number of nitrogens with two attached hydrogens (primary N) is 1. The summed E-state index contributed by atoms with van der Waals surface area (Å²) in [5.41, 5.74) is 5.04. The Morgan fingerprint density at radius 1 is 1.30 bits per heavy atom. The lowest BCUT2D eigenvalue weighted by Gasteiger charge is -2.34. The van der Waals surface area contributed by atoms with Gasteiger partial charge in [-0.2, -0.15) is 0 Å². The Morgan fingerprint density at radius 3 is 2.81 bits per heavy atom. The number of rotatable bonds is 6. The average Bonchev–Trinajstić information content (AvgIpc) is 3.06. The molecule has 2 aliphatic heterocycles. The van der Waals surface area contributed by atoms with Crippen molar-refractivity contribution in [3.05, 3.63) is 35.4 Å². The Labute approximate surface area is 155 Å². The summed E-state index contributed by atoms with van der Waals surface area (Å²) in [6, 6.07) is 1.59. The number of carbonyl (C=O) groups excluding carboxylic acids is 3. The van der Waals surface area contributed by atoms with Gasteiger partial charge in [0.25, 0.3) is 5.91 Å². The molecule has 2 fully saturated rings. The van der Waals surface area contributed by atoms with E-state index in [0.29, 0.717) is 13.0 Å². The molecule has 146 valence electrons. The lowest BCUT2D eigenvalue weighted by atomic mass is 10.0. The van der Waals surface area contributed by atoms with Crippen molar-refractivity contribution >= 4 is 17.7 Å². The van der Waals surface area contributed by atoms with Crippen LogP contribution in [0.4, 0.5) is 8.78 Å². The Kier molecular flexibility index (Phi) is 5.69. The zero-order chi connectivity index (χ0) is 19.6. The topological polar surface area (TPSA) is 105 Å². The van der Waals surface area contributed by atoms with Crippen LogP contribution in [-0.4, -0.2) is 53.8 Å². The predicted molar refractivity (Wildman–Crippen MR) is 92.6 cm³/mol. The summed E-state index contributed by atoms with van der Waals surface area (Å²) in [6.07, 6.45) is 2.23. The Balaban J connectivity index is 1.65. The first-order valence-corrected chi connectivity index (χ1v) is 8.98. The Bertz CT molecular complexity index is 758. The molecule has 0 bridgehead atoms. The van der Waals surface area contributed by atoms with E-state index in [-0.39, 0.29) is 24.8 Å². The first kappa shape index (κ1) is 19.2. The third-order valence-electron chi connectivity index (χ3n) is 4.98. The Morgan fingerprint density at radius 2 is 2.07 bits per heavy atom. The van der Waals surface area contributed by atoms with Gasteiger partial charge in [0.2, 0.25) is 11.8 Å². The monoisotopic (exact) mass is 380 g/mol. The van der Waals surface area contributed by atoms with Gasteiger partial charge in [0.05, 0.1) is 5.56 Å². The molecule has 1 aromatic rings. The van der Waals surface area contributed by atoms with E-state index in [0.717, 1.165) is 18.9 Å². The van der Waals surface area contributed by atoms with Crippen LogP contribution in [0.2, 0.25) is 0 Å². The van der Waals surface area contributed by atoms with Crippen molar-refractivity contribution in [3.8, 4) is 0 Å². The average molecular weight is 380 g/mol. The van der Waals surface area contributed by atoms with Crippen LogP contribution in [0, 0.1) is 11.6 Å². The molecule has 0 aliphatic carbocycles. The van der Waals surface area contributed by atoms with Crippen molar-refractivity contribution in [3.63, 3.8) is 0 Å². The molecule has 3 atom stereocenters. The number of fused-ring (bicyclic) bond motifs is 1. The molecule has 3 amide bonds. The predicted octanol–water partition coefficient (Wildman–Crippen LogP) is 0.292. The van der Waals surface area contributed by atoms with Gasteiger partial charge in [0.15, 0.2) is 11.6 Å². The molecular formula is C18H22F2N4O3. The van der Waals surface area contributed by atoms with Gasteiger partial charge < -0.3 is 21.3 Å². The van der Waals surface area contributed by atoms with Crippen molar-refractivity contribution in [1.29, 1.82) is 0 Å². The van der Waals surface area contributed by atoms with Gasteiger partial charge in [0, 0.05) is 12.6 Å². The fourth-order valence-corrected chi connectivity index (χ4v) is 3.59. The summed E-state index contributed by atoms with van der Waals surface area (Å²) >= 11 is 0. The van der Waals surface area contributed by atoms with E-state index in [2.05, 4.69) is 10.6 Å². The molecule has 4 N–H and O–H groups in total. The van der Waals surface area contributed by atoms with E-state index in [1.165, 1.54) is 17.0 Å². The van der Waals surface area contributed by atoms with Gasteiger partial charge in [-0.25, -0.2) is 8.78 Å². The highest BCUT2D eigenvalue weighted by Crippen LogP contribution is 2.24. The highest BCUT2D eigenvalue weighted by molar-refractivity contribution is 5.98. The fourth-order valence-electron chi connectivity index (χ4n) is 3.59. The highest BCUT2D eigenvalue weighted by atomic mass is 19.2. The summed E-state index contributed by atoms with van der Waals surface area (Å²) in [7, 11) is 0. The molecule has 0 radical (unpaired) electrons. The van der Waals surface area contributed by atoms with Crippen molar-refractivity contribution in [2.45, 2.75) is 43.8 Å². The second-order valence-corrected chi connectivity index (χ2v) is 6.86. The summed E-state index contributed by atoms with van der Waals surface area (Å²) in [6.45, 7) is 0.679. The van der Waals surface area contributed by atoms with E-state index in [4.69, 9.17) is 5.73 Å². The molecule has 2 heterocycles. The van der Waals surface area contributed by atoms with Crippen LogP contribution in [0.3, 0.4) is 0 Å². The molecule has 27 heavy (non-hydrogen) atoms. The number of hydrogen-bond acceptors (Lipinski definition) is 4. The number of amides is 3. The zero-order valence-electron chi connectivity index (χ0n) is 14.7.